The van der Waals surface area contributed by atoms with E-state index in [9.17, 15) is 9.59 Å². The first kappa shape index (κ1) is 20.9. The Hall–Kier alpha value is -3.80. The molecule has 0 saturated carbocycles. The van der Waals surface area contributed by atoms with Crippen molar-refractivity contribution in [2.45, 2.75) is 20.0 Å². The molecule has 3 aromatic rings. The number of amides is 2. The van der Waals surface area contributed by atoms with Crippen molar-refractivity contribution in [2.75, 3.05) is 17.7 Å². The zero-order valence-corrected chi connectivity index (χ0v) is 17.1. The highest BCUT2D eigenvalue weighted by Crippen LogP contribution is 2.21. The lowest BCUT2D eigenvalue weighted by atomic mass is 10.1. The number of hydrogen-bond acceptors (Lipinski definition) is 4. The van der Waals surface area contributed by atoms with Crippen molar-refractivity contribution in [3.05, 3.63) is 83.9 Å². The summed E-state index contributed by atoms with van der Waals surface area (Å²) in [6, 6.07) is 21.4. The molecule has 0 heterocycles. The third-order valence-corrected chi connectivity index (χ3v) is 4.43. The largest absolute Gasteiger partial charge is 0.497 e. The van der Waals surface area contributed by atoms with Gasteiger partial charge in [0, 0.05) is 11.8 Å². The molecule has 0 aromatic heterocycles. The molecule has 2 N–H and O–H groups in total. The molecule has 1 unspecified atom stereocenters. The maximum absolute atomic E-state index is 12.8. The molecule has 3 rings (SSSR count). The molecule has 3 aromatic carbocycles. The van der Waals surface area contributed by atoms with E-state index in [0.29, 0.717) is 28.4 Å². The van der Waals surface area contributed by atoms with Crippen LogP contribution in [0.25, 0.3) is 0 Å². The molecule has 0 spiro atoms. The minimum absolute atomic E-state index is 0.341. The second kappa shape index (κ2) is 9.60. The van der Waals surface area contributed by atoms with E-state index >= 15 is 0 Å². The Morgan fingerprint density at radius 2 is 1.60 bits per heavy atom. The predicted octanol–water partition coefficient (Wildman–Crippen LogP) is 4.66. The summed E-state index contributed by atoms with van der Waals surface area (Å²) in [5.41, 5.74) is 2.38. The molecular weight excluding hydrogens is 380 g/mol. The number of aryl methyl sites for hydroxylation is 1. The lowest BCUT2D eigenvalue weighted by molar-refractivity contribution is -0.122. The molecule has 1 atom stereocenters. The smallest absolute Gasteiger partial charge is 0.265 e. The normalized spacial score (nSPS) is 11.3. The SMILES string of the molecule is COc1cccc(NC(=O)c2ccccc2NC(=O)C(C)Oc2cccc(C)c2)c1. The summed E-state index contributed by atoms with van der Waals surface area (Å²) < 4.78 is 10.9. The van der Waals surface area contributed by atoms with Gasteiger partial charge in [-0.1, -0.05) is 30.3 Å². The molecular formula is C24H24N2O4. The van der Waals surface area contributed by atoms with Gasteiger partial charge >= 0.3 is 0 Å². The van der Waals surface area contributed by atoms with Crippen LogP contribution in [0.5, 0.6) is 11.5 Å². The second-order valence-corrected chi connectivity index (χ2v) is 6.80. The van der Waals surface area contributed by atoms with Crippen molar-refractivity contribution in [3.8, 4) is 11.5 Å². The molecule has 6 nitrogen and oxygen atoms in total. The van der Waals surface area contributed by atoms with Crippen molar-refractivity contribution in [2.24, 2.45) is 0 Å². The number of rotatable bonds is 7. The number of carbonyl (C=O) groups is 2. The Bertz CT molecular complexity index is 1050. The van der Waals surface area contributed by atoms with Crippen LogP contribution >= 0.6 is 0 Å². The summed E-state index contributed by atoms with van der Waals surface area (Å²) in [6.45, 7) is 3.62. The monoisotopic (exact) mass is 404 g/mol. The van der Waals surface area contributed by atoms with Crippen LogP contribution in [0.1, 0.15) is 22.8 Å². The molecule has 0 aliphatic heterocycles. The Labute approximate surface area is 175 Å². The van der Waals surface area contributed by atoms with Gasteiger partial charge in [0.25, 0.3) is 11.8 Å². The highest BCUT2D eigenvalue weighted by molar-refractivity contribution is 6.10. The summed E-state index contributed by atoms with van der Waals surface area (Å²) in [4.78, 5) is 25.4. The molecule has 30 heavy (non-hydrogen) atoms. The number of carbonyl (C=O) groups excluding carboxylic acids is 2. The predicted molar refractivity (Wildman–Crippen MR) is 117 cm³/mol. The van der Waals surface area contributed by atoms with Crippen molar-refractivity contribution in [1.82, 2.24) is 0 Å². The van der Waals surface area contributed by atoms with Gasteiger partial charge in [0.1, 0.15) is 11.5 Å². The van der Waals surface area contributed by atoms with Gasteiger partial charge in [0.2, 0.25) is 0 Å². The molecule has 0 bridgehead atoms. The van der Waals surface area contributed by atoms with Gasteiger partial charge in [0.05, 0.1) is 18.4 Å². The van der Waals surface area contributed by atoms with E-state index in [2.05, 4.69) is 10.6 Å². The third-order valence-electron chi connectivity index (χ3n) is 4.43. The lowest BCUT2D eigenvalue weighted by Gasteiger charge is -2.17. The lowest BCUT2D eigenvalue weighted by Crippen LogP contribution is -2.31. The van der Waals surface area contributed by atoms with Gasteiger partial charge in [-0.25, -0.2) is 0 Å². The van der Waals surface area contributed by atoms with Crippen LogP contribution in [0.4, 0.5) is 11.4 Å². The fourth-order valence-corrected chi connectivity index (χ4v) is 2.87. The Morgan fingerprint density at radius 3 is 2.37 bits per heavy atom. The fraction of sp³-hybridized carbons (Fsp3) is 0.167. The van der Waals surface area contributed by atoms with Crippen LogP contribution < -0.4 is 20.1 Å². The molecule has 0 saturated heterocycles. The second-order valence-electron chi connectivity index (χ2n) is 6.80. The zero-order chi connectivity index (χ0) is 21.5. The van der Waals surface area contributed by atoms with Crippen molar-refractivity contribution in [3.63, 3.8) is 0 Å². The summed E-state index contributed by atoms with van der Waals surface area (Å²) in [6.07, 6.45) is -0.735. The highest BCUT2D eigenvalue weighted by atomic mass is 16.5. The van der Waals surface area contributed by atoms with Gasteiger partial charge in [-0.05, 0) is 55.8 Å². The minimum Gasteiger partial charge on any atom is -0.497 e. The van der Waals surface area contributed by atoms with E-state index in [1.165, 1.54) is 0 Å². The van der Waals surface area contributed by atoms with Crippen LogP contribution in [-0.2, 0) is 4.79 Å². The fourth-order valence-electron chi connectivity index (χ4n) is 2.87. The Morgan fingerprint density at radius 1 is 0.867 bits per heavy atom. The van der Waals surface area contributed by atoms with E-state index in [1.807, 2.05) is 25.1 Å². The number of anilines is 2. The molecule has 0 radical (unpaired) electrons. The third kappa shape index (κ3) is 5.38. The first-order valence-corrected chi connectivity index (χ1v) is 9.55. The van der Waals surface area contributed by atoms with E-state index in [-0.39, 0.29) is 11.8 Å². The number of ether oxygens (including phenoxy) is 2. The van der Waals surface area contributed by atoms with Gasteiger partial charge in [-0.2, -0.15) is 0 Å². The van der Waals surface area contributed by atoms with Gasteiger partial charge in [0.15, 0.2) is 6.10 Å². The maximum atomic E-state index is 12.8. The highest BCUT2D eigenvalue weighted by Gasteiger charge is 2.18. The van der Waals surface area contributed by atoms with Crippen LogP contribution in [0.3, 0.4) is 0 Å². The number of benzene rings is 3. The van der Waals surface area contributed by atoms with E-state index in [4.69, 9.17) is 9.47 Å². The van der Waals surface area contributed by atoms with E-state index in [1.54, 1.807) is 68.6 Å². The Balaban J connectivity index is 1.71. The number of hydrogen-bond donors (Lipinski definition) is 2. The van der Waals surface area contributed by atoms with Crippen LogP contribution in [0.2, 0.25) is 0 Å². The van der Waals surface area contributed by atoms with Gasteiger partial charge < -0.3 is 20.1 Å². The summed E-state index contributed by atoms with van der Waals surface area (Å²) in [5.74, 6) is 0.558. The summed E-state index contributed by atoms with van der Waals surface area (Å²) in [5, 5.41) is 5.61. The van der Waals surface area contributed by atoms with Crippen LogP contribution in [0.15, 0.2) is 72.8 Å². The maximum Gasteiger partial charge on any atom is 0.265 e. The first-order chi connectivity index (χ1) is 14.5. The average Bonchev–Trinajstić information content (AvgIpc) is 2.74. The van der Waals surface area contributed by atoms with Gasteiger partial charge in [-0.15, -0.1) is 0 Å². The molecule has 6 heteroatoms. The first-order valence-electron chi connectivity index (χ1n) is 9.55. The van der Waals surface area contributed by atoms with Crippen molar-refractivity contribution >= 4 is 23.2 Å². The summed E-state index contributed by atoms with van der Waals surface area (Å²) >= 11 is 0. The molecule has 0 aliphatic carbocycles. The van der Waals surface area contributed by atoms with E-state index < -0.39 is 6.10 Å². The molecule has 154 valence electrons. The topological polar surface area (TPSA) is 76.7 Å². The van der Waals surface area contributed by atoms with Crippen LogP contribution in [0, 0.1) is 6.92 Å². The number of methoxy groups -OCH3 is 1. The number of nitrogens with one attached hydrogen (secondary N) is 2. The number of para-hydroxylation sites is 1. The summed E-state index contributed by atoms with van der Waals surface area (Å²) in [7, 11) is 1.56. The average molecular weight is 404 g/mol. The molecule has 2 amide bonds. The van der Waals surface area contributed by atoms with E-state index in [0.717, 1.165) is 5.56 Å². The standard InChI is InChI=1S/C24H24N2O4/c1-16-8-6-11-20(14-16)30-17(2)23(27)26-22-13-5-4-12-21(22)24(28)25-18-9-7-10-19(15-18)29-3/h4-15,17H,1-3H3,(H,25,28)(H,26,27). The van der Waals surface area contributed by atoms with Crippen LogP contribution in [-0.4, -0.2) is 25.0 Å². The van der Waals surface area contributed by atoms with Crippen molar-refractivity contribution in [1.29, 1.82) is 0 Å². The quantitative estimate of drug-likeness (QED) is 0.600. The molecule has 0 aliphatic rings. The minimum atomic E-state index is -0.735. The van der Waals surface area contributed by atoms with Gasteiger partial charge in [-0.3, -0.25) is 9.59 Å². The molecule has 0 fully saturated rings. The zero-order valence-electron chi connectivity index (χ0n) is 17.1. The van der Waals surface area contributed by atoms with Crippen molar-refractivity contribution < 1.29 is 19.1 Å². The Kier molecular flexibility index (Phi) is 6.70.